The largest absolute Gasteiger partial charge is 0.373 e. The maximum absolute atomic E-state index is 6.14. The molecule has 1 heterocycles. The number of aryl methyl sites for hydroxylation is 1. The first-order chi connectivity index (χ1) is 8.72. The number of nitrogens with one attached hydrogen (secondary N) is 1. The van der Waals surface area contributed by atoms with Gasteiger partial charge in [0.2, 0.25) is 0 Å². The van der Waals surface area contributed by atoms with Crippen molar-refractivity contribution in [1.29, 1.82) is 0 Å². The lowest BCUT2D eigenvalue weighted by molar-refractivity contribution is -0.0611. The summed E-state index contributed by atoms with van der Waals surface area (Å²) >= 11 is 0. The fourth-order valence-corrected chi connectivity index (χ4v) is 3.16. The molecule has 0 amide bonds. The molecule has 1 aliphatic carbocycles. The van der Waals surface area contributed by atoms with Crippen LogP contribution in [0.2, 0.25) is 0 Å². The molecule has 0 radical (unpaired) electrons. The van der Waals surface area contributed by atoms with E-state index in [1.165, 1.54) is 18.4 Å². The highest BCUT2D eigenvalue weighted by Gasteiger charge is 2.42. The van der Waals surface area contributed by atoms with Gasteiger partial charge in [0.25, 0.3) is 0 Å². The highest BCUT2D eigenvalue weighted by atomic mass is 16.5. The van der Waals surface area contributed by atoms with Gasteiger partial charge >= 0.3 is 0 Å². The Morgan fingerprint density at radius 1 is 1.39 bits per heavy atom. The van der Waals surface area contributed by atoms with Crippen molar-refractivity contribution in [2.24, 2.45) is 0 Å². The van der Waals surface area contributed by atoms with Gasteiger partial charge in [-0.25, -0.2) is 0 Å². The van der Waals surface area contributed by atoms with Crippen molar-refractivity contribution in [3.8, 4) is 0 Å². The highest BCUT2D eigenvalue weighted by molar-refractivity contribution is 5.21. The number of pyridine rings is 1. The first-order valence-corrected chi connectivity index (χ1v) is 6.95. The van der Waals surface area contributed by atoms with Crippen LogP contribution in [0.3, 0.4) is 0 Å². The summed E-state index contributed by atoms with van der Waals surface area (Å²) in [5.41, 5.74) is 2.25. The maximum atomic E-state index is 6.14. The predicted octanol–water partition coefficient (Wildman–Crippen LogP) is 3.00. The molecule has 0 saturated heterocycles. The van der Waals surface area contributed by atoms with E-state index in [9.17, 15) is 0 Å². The van der Waals surface area contributed by atoms with Gasteiger partial charge in [0.1, 0.15) is 0 Å². The zero-order valence-electron chi connectivity index (χ0n) is 11.7. The Kier molecular flexibility index (Phi) is 4.36. The number of hydrogen-bond acceptors (Lipinski definition) is 3. The molecular weight excluding hydrogens is 224 g/mol. The van der Waals surface area contributed by atoms with Crippen molar-refractivity contribution in [3.63, 3.8) is 0 Å². The molecule has 1 aliphatic rings. The van der Waals surface area contributed by atoms with Crippen molar-refractivity contribution in [2.45, 2.75) is 51.2 Å². The van der Waals surface area contributed by atoms with E-state index in [0.29, 0.717) is 0 Å². The van der Waals surface area contributed by atoms with E-state index in [1.54, 1.807) is 0 Å². The van der Waals surface area contributed by atoms with Crippen LogP contribution in [0.5, 0.6) is 0 Å². The highest BCUT2D eigenvalue weighted by Crippen LogP contribution is 2.42. The van der Waals surface area contributed by atoms with Crippen molar-refractivity contribution in [1.82, 2.24) is 10.3 Å². The monoisotopic (exact) mass is 248 g/mol. The Morgan fingerprint density at radius 2 is 2.11 bits per heavy atom. The molecule has 1 saturated carbocycles. The lowest BCUT2D eigenvalue weighted by Gasteiger charge is -2.37. The van der Waals surface area contributed by atoms with Crippen LogP contribution in [0.4, 0.5) is 0 Å². The SMILES string of the molecule is CCOC1(C(NC)c2ccc(C)nc2)CCCC1. The number of likely N-dealkylation sites (N-methyl/N-ethyl adjacent to an activating group) is 1. The Hall–Kier alpha value is -0.930. The zero-order chi connectivity index (χ0) is 13.0. The van der Waals surface area contributed by atoms with Crippen molar-refractivity contribution >= 4 is 0 Å². The van der Waals surface area contributed by atoms with Gasteiger partial charge in [0.05, 0.1) is 11.6 Å². The molecule has 0 bridgehead atoms. The van der Waals surface area contributed by atoms with Gasteiger partial charge in [0.15, 0.2) is 0 Å². The summed E-state index contributed by atoms with van der Waals surface area (Å²) in [6, 6.07) is 4.49. The average Bonchev–Trinajstić information content (AvgIpc) is 2.82. The van der Waals surface area contributed by atoms with Gasteiger partial charge in [-0.1, -0.05) is 18.9 Å². The van der Waals surface area contributed by atoms with E-state index in [0.717, 1.165) is 25.1 Å². The fourth-order valence-electron chi connectivity index (χ4n) is 3.16. The van der Waals surface area contributed by atoms with Crippen LogP contribution < -0.4 is 5.32 Å². The third-order valence-electron chi connectivity index (χ3n) is 3.96. The Balaban J connectivity index is 2.27. The van der Waals surface area contributed by atoms with Crippen LogP contribution >= 0.6 is 0 Å². The lowest BCUT2D eigenvalue weighted by Crippen LogP contribution is -2.43. The third-order valence-corrected chi connectivity index (χ3v) is 3.96. The van der Waals surface area contributed by atoms with Gasteiger partial charge in [-0.05, 0) is 45.4 Å². The van der Waals surface area contributed by atoms with E-state index in [4.69, 9.17) is 4.74 Å². The number of hydrogen-bond donors (Lipinski definition) is 1. The molecule has 0 aliphatic heterocycles. The van der Waals surface area contributed by atoms with Crippen molar-refractivity contribution in [3.05, 3.63) is 29.6 Å². The minimum atomic E-state index is -0.0412. The van der Waals surface area contributed by atoms with Crippen LogP contribution in [0.25, 0.3) is 0 Å². The molecule has 100 valence electrons. The Morgan fingerprint density at radius 3 is 2.61 bits per heavy atom. The molecule has 1 atom stereocenters. The molecule has 1 aromatic rings. The van der Waals surface area contributed by atoms with Crippen LogP contribution in [-0.4, -0.2) is 24.2 Å². The summed E-state index contributed by atoms with van der Waals surface area (Å²) in [5, 5.41) is 3.44. The second kappa shape index (κ2) is 5.81. The van der Waals surface area contributed by atoms with E-state index >= 15 is 0 Å². The molecule has 3 nitrogen and oxygen atoms in total. The Bertz CT molecular complexity index is 369. The van der Waals surface area contributed by atoms with E-state index in [-0.39, 0.29) is 11.6 Å². The van der Waals surface area contributed by atoms with Crippen molar-refractivity contribution < 1.29 is 4.74 Å². The third kappa shape index (κ3) is 2.57. The van der Waals surface area contributed by atoms with Crippen LogP contribution in [0, 0.1) is 6.92 Å². The molecule has 1 aromatic heterocycles. The molecule has 0 spiro atoms. The topological polar surface area (TPSA) is 34.1 Å². The molecule has 1 fully saturated rings. The van der Waals surface area contributed by atoms with Gasteiger partial charge in [0, 0.05) is 18.5 Å². The molecule has 1 N–H and O–H groups in total. The average molecular weight is 248 g/mol. The van der Waals surface area contributed by atoms with Gasteiger partial charge in [-0.15, -0.1) is 0 Å². The molecule has 3 heteroatoms. The normalized spacial score (nSPS) is 19.9. The first-order valence-electron chi connectivity index (χ1n) is 6.95. The number of nitrogens with zero attached hydrogens (tertiary/aromatic N) is 1. The van der Waals surface area contributed by atoms with Crippen LogP contribution in [0.15, 0.2) is 18.3 Å². The molecule has 18 heavy (non-hydrogen) atoms. The van der Waals surface area contributed by atoms with Crippen molar-refractivity contribution in [2.75, 3.05) is 13.7 Å². The molecular formula is C15H24N2O. The Labute approximate surface area is 110 Å². The smallest absolute Gasteiger partial charge is 0.0876 e. The molecule has 2 rings (SSSR count). The van der Waals surface area contributed by atoms with Crippen LogP contribution in [0.1, 0.15) is 49.9 Å². The summed E-state index contributed by atoms with van der Waals surface area (Å²) in [6.45, 7) is 4.88. The molecule has 1 unspecified atom stereocenters. The number of aromatic nitrogens is 1. The van der Waals surface area contributed by atoms with Gasteiger partial charge in [-0.2, -0.15) is 0 Å². The van der Waals surface area contributed by atoms with E-state index < -0.39 is 0 Å². The maximum Gasteiger partial charge on any atom is 0.0876 e. The number of ether oxygens (including phenoxy) is 1. The van der Waals surface area contributed by atoms with Gasteiger partial charge < -0.3 is 10.1 Å². The number of rotatable bonds is 5. The molecule has 0 aromatic carbocycles. The predicted molar refractivity (Wildman–Crippen MR) is 73.6 cm³/mol. The fraction of sp³-hybridized carbons (Fsp3) is 0.667. The summed E-state index contributed by atoms with van der Waals surface area (Å²) < 4.78 is 6.14. The lowest BCUT2D eigenvalue weighted by atomic mass is 9.87. The standard InChI is InChI=1S/C15H24N2O/c1-4-18-15(9-5-6-10-15)14(16-3)13-8-7-12(2)17-11-13/h7-8,11,14,16H,4-6,9-10H2,1-3H3. The second-order valence-corrected chi connectivity index (χ2v) is 5.16. The summed E-state index contributed by atoms with van der Waals surface area (Å²) in [7, 11) is 2.02. The minimum Gasteiger partial charge on any atom is -0.373 e. The zero-order valence-corrected chi connectivity index (χ0v) is 11.7. The summed E-state index contributed by atoms with van der Waals surface area (Å²) in [5.74, 6) is 0. The van der Waals surface area contributed by atoms with E-state index in [1.807, 2.05) is 20.2 Å². The van der Waals surface area contributed by atoms with Gasteiger partial charge in [-0.3, -0.25) is 4.98 Å². The minimum absolute atomic E-state index is 0.0412. The first kappa shape index (κ1) is 13.5. The summed E-state index contributed by atoms with van der Waals surface area (Å²) in [4.78, 5) is 4.42. The summed E-state index contributed by atoms with van der Waals surface area (Å²) in [6.07, 6.45) is 6.78. The quantitative estimate of drug-likeness (QED) is 0.869. The van der Waals surface area contributed by atoms with E-state index in [2.05, 4.69) is 29.4 Å². The second-order valence-electron chi connectivity index (χ2n) is 5.16. The van der Waals surface area contributed by atoms with Crippen LogP contribution in [-0.2, 0) is 4.74 Å².